The molecule has 0 fully saturated rings. The first-order valence-electron chi connectivity index (χ1n) is 3.91. The van der Waals surface area contributed by atoms with Gasteiger partial charge in [-0.15, -0.1) is 11.3 Å². The monoisotopic (exact) mass is 212 g/mol. The van der Waals surface area contributed by atoms with Gasteiger partial charge in [-0.2, -0.15) is 0 Å². The van der Waals surface area contributed by atoms with Gasteiger partial charge in [0.15, 0.2) is 0 Å². The minimum Gasteiger partial charge on any atom is -0.477 e. The molecule has 0 saturated heterocycles. The third-order valence-electron chi connectivity index (χ3n) is 1.72. The summed E-state index contributed by atoms with van der Waals surface area (Å²) in [5.41, 5.74) is 0.780. The van der Waals surface area contributed by atoms with Crippen molar-refractivity contribution < 1.29 is 14.6 Å². The van der Waals surface area contributed by atoms with Gasteiger partial charge in [0.2, 0.25) is 0 Å². The van der Waals surface area contributed by atoms with Crippen molar-refractivity contribution in [3.05, 3.63) is 16.8 Å². The standard InChI is InChI=1S/C8H8N2O3S/c1-13-3-6-10-7-5(14-6)2-4(9-7)8(11)12/h2,9H,3H2,1H3,(H,11,12). The molecule has 0 saturated carbocycles. The van der Waals surface area contributed by atoms with Crippen molar-refractivity contribution in [2.75, 3.05) is 7.11 Å². The van der Waals surface area contributed by atoms with Crippen LogP contribution in [0.5, 0.6) is 0 Å². The highest BCUT2D eigenvalue weighted by atomic mass is 32.1. The highest BCUT2D eigenvalue weighted by Gasteiger charge is 2.11. The number of aromatic amines is 1. The first kappa shape index (κ1) is 9.17. The van der Waals surface area contributed by atoms with Crippen molar-refractivity contribution in [2.45, 2.75) is 6.61 Å². The van der Waals surface area contributed by atoms with Crippen LogP contribution >= 0.6 is 11.3 Å². The molecule has 0 radical (unpaired) electrons. The third kappa shape index (κ3) is 1.49. The number of carboxylic acid groups (broad SMARTS) is 1. The number of H-pyrrole nitrogens is 1. The van der Waals surface area contributed by atoms with Crippen molar-refractivity contribution in [1.82, 2.24) is 9.97 Å². The zero-order chi connectivity index (χ0) is 10.1. The Morgan fingerprint density at radius 1 is 1.79 bits per heavy atom. The van der Waals surface area contributed by atoms with Crippen LogP contribution in [0.1, 0.15) is 15.5 Å². The minimum absolute atomic E-state index is 0.169. The molecule has 14 heavy (non-hydrogen) atoms. The number of aromatic nitrogens is 2. The Labute approximate surface area is 83.3 Å². The second-order valence-electron chi connectivity index (χ2n) is 2.74. The summed E-state index contributed by atoms with van der Waals surface area (Å²) in [7, 11) is 1.60. The SMILES string of the molecule is COCc1nc2[nH]c(C(=O)O)cc2s1. The Bertz CT molecular complexity index is 442. The van der Waals surface area contributed by atoms with Crippen LogP contribution in [0, 0.1) is 0 Å². The molecule has 74 valence electrons. The van der Waals surface area contributed by atoms with Gasteiger partial charge in [0.25, 0.3) is 0 Å². The van der Waals surface area contributed by atoms with E-state index >= 15 is 0 Å². The molecule has 2 aromatic heterocycles. The Morgan fingerprint density at radius 2 is 2.57 bits per heavy atom. The van der Waals surface area contributed by atoms with Crippen LogP contribution in [0.4, 0.5) is 0 Å². The lowest BCUT2D eigenvalue weighted by Crippen LogP contribution is -1.95. The number of hydrogen-bond donors (Lipinski definition) is 2. The number of fused-ring (bicyclic) bond motifs is 1. The summed E-state index contributed by atoms with van der Waals surface area (Å²) < 4.78 is 5.76. The highest BCUT2D eigenvalue weighted by molar-refractivity contribution is 7.18. The summed E-state index contributed by atoms with van der Waals surface area (Å²) in [4.78, 5) is 17.5. The lowest BCUT2D eigenvalue weighted by Gasteiger charge is -1.89. The molecule has 2 rings (SSSR count). The number of hydrogen-bond acceptors (Lipinski definition) is 4. The summed E-state index contributed by atoms with van der Waals surface area (Å²) in [6, 6.07) is 1.58. The lowest BCUT2D eigenvalue weighted by molar-refractivity contribution is 0.0691. The second kappa shape index (κ2) is 3.39. The van der Waals surface area contributed by atoms with Crippen molar-refractivity contribution >= 4 is 27.7 Å². The van der Waals surface area contributed by atoms with Crippen LogP contribution in [0.2, 0.25) is 0 Å². The van der Waals surface area contributed by atoms with Gasteiger partial charge in [0, 0.05) is 7.11 Å². The molecule has 2 N–H and O–H groups in total. The third-order valence-corrected chi connectivity index (χ3v) is 2.70. The summed E-state index contributed by atoms with van der Waals surface area (Å²) in [5, 5.41) is 9.54. The van der Waals surface area contributed by atoms with Crippen LogP contribution in [0.15, 0.2) is 6.07 Å². The fraction of sp³-hybridized carbons (Fsp3) is 0.250. The maximum atomic E-state index is 10.6. The quantitative estimate of drug-likeness (QED) is 0.807. The van der Waals surface area contributed by atoms with Gasteiger partial charge in [-0.3, -0.25) is 0 Å². The molecular formula is C8H8N2O3S. The average molecular weight is 212 g/mol. The van der Waals surface area contributed by atoms with E-state index in [9.17, 15) is 4.79 Å². The topological polar surface area (TPSA) is 75.2 Å². The average Bonchev–Trinajstić information content (AvgIpc) is 2.61. The predicted molar refractivity (Wildman–Crippen MR) is 51.6 cm³/mol. The minimum atomic E-state index is -0.969. The van der Waals surface area contributed by atoms with Gasteiger partial charge in [0.05, 0.1) is 11.3 Å². The fourth-order valence-corrected chi connectivity index (χ4v) is 2.10. The van der Waals surface area contributed by atoms with E-state index in [1.807, 2.05) is 0 Å². The van der Waals surface area contributed by atoms with Gasteiger partial charge in [0.1, 0.15) is 16.3 Å². The lowest BCUT2D eigenvalue weighted by atomic mass is 10.4. The molecule has 0 unspecified atom stereocenters. The first-order valence-corrected chi connectivity index (χ1v) is 4.73. The fourth-order valence-electron chi connectivity index (χ4n) is 1.16. The summed E-state index contributed by atoms with van der Waals surface area (Å²) in [6.07, 6.45) is 0. The summed E-state index contributed by atoms with van der Waals surface area (Å²) in [6.45, 7) is 0.454. The first-order chi connectivity index (χ1) is 6.70. The Hall–Kier alpha value is -1.40. The molecule has 2 aromatic rings. The van der Waals surface area contributed by atoms with E-state index in [0.29, 0.717) is 12.3 Å². The van der Waals surface area contributed by atoms with E-state index in [0.717, 1.165) is 9.71 Å². The zero-order valence-electron chi connectivity index (χ0n) is 7.40. The molecule has 0 spiro atoms. The number of ether oxygens (including phenoxy) is 1. The van der Waals surface area contributed by atoms with Gasteiger partial charge < -0.3 is 14.8 Å². The molecule has 0 bridgehead atoms. The smallest absolute Gasteiger partial charge is 0.352 e. The molecule has 0 aliphatic heterocycles. The summed E-state index contributed by atoms with van der Waals surface area (Å²) in [5.74, 6) is -0.969. The molecule has 2 heterocycles. The van der Waals surface area contributed by atoms with E-state index in [4.69, 9.17) is 9.84 Å². The van der Waals surface area contributed by atoms with E-state index in [2.05, 4.69) is 9.97 Å². The summed E-state index contributed by atoms with van der Waals surface area (Å²) >= 11 is 1.43. The zero-order valence-corrected chi connectivity index (χ0v) is 8.22. The number of nitrogens with one attached hydrogen (secondary N) is 1. The number of aromatic carboxylic acids is 1. The molecular weight excluding hydrogens is 204 g/mol. The number of carboxylic acids is 1. The maximum absolute atomic E-state index is 10.6. The van der Waals surface area contributed by atoms with Gasteiger partial charge in [-0.25, -0.2) is 9.78 Å². The number of methoxy groups -OCH3 is 1. The van der Waals surface area contributed by atoms with Crippen LogP contribution in [-0.4, -0.2) is 28.2 Å². The van der Waals surface area contributed by atoms with E-state index in [1.54, 1.807) is 13.2 Å². The van der Waals surface area contributed by atoms with E-state index in [-0.39, 0.29) is 5.69 Å². The van der Waals surface area contributed by atoms with Crippen LogP contribution < -0.4 is 0 Å². The molecule has 0 atom stereocenters. The molecule has 0 aliphatic carbocycles. The van der Waals surface area contributed by atoms with Crippen LogP contribution in [-0.2, 0) is 11.3 Å². The van der Waals surface area contributed by atoms with Crippen LogP contribution in [0.25, 0.3) is 10.3 Å². The highest BCUT2D eigenvalue weighted by Crippen LogP contribution is 2.23. The van der Waals surface area contributed by atoms with Crippen molar-refractivity contribution in [3.8, 4) is 0 Å². The van der Waals surface area contributed by atoms with Crippen molar-refractivity contribution in [3.63, 3.8) is 0 Å². The van der Waals surface area contributed by atoms with E-state index < -0.39 is 5.97 Å². The van der Waals surface area contributed by atoms with Crippen LogP contribution in [0.3, 0.4) is 0 Å². The predicted octanol–water partition coefficient (Wildman–Crippen LogP) is 1.47. The molecule has 6 heteroatoms. The van der Waals surface area contributed by atoms with E-state index in [1.165, 1.54) is 11.3 Å². The Kier molecular flexibility index (Phi) is 2.22. The molecule has 0 aromatic carbocycles. The Balaban J connectivity index is 2.40. The number of thiazole rings is 1. The maximum Gasteiger partial charge on any atom is 0.352 e. The van der Waals surface area contributed by atoms with Gasteiger partial charge in [-0.1, -0.05) is 0 Å². The number of rotatable bonds is 3. The van der Waals surface area contributed by atoms with Crippen molar-refractivity contribution in [2.24, 2.45) is 0 Å². The molecule has 5 nitrogen and oxygen atoms in total. The number of carbonyl (C=O) groups is 1. The normalized spacial score (nSPS) is 10.9. The Morgan fingerprint density at radius 3 is 3.14 bits per heavy atom. The molecule has 0 aliphatic rings. The largest absolute Gasteiger partial charge is 0.477 e. The van der Waals surface area contributed by atoms with Crippen molar-refractivity contribution in [1.29, 1.82) is 0 Å². The van der Waals surface area contributed by atoms with Gasteiger partial charge >= 0.3 is 5.97 Å². The van der Waals surface area contributed by atoms with Gasteiger partial charge in [-0.05, 0) is 6.07 Å². The second-order valence-corrected chi connectivity index (χ2v) is 3.86. The molecule has 0 amide bonds. The number of nitrogens with zero attached hydrogens (tertiary/aromatic N) is 1.